The zero-order chi connectivity index (χ0) is 21.7. The molecule has 2 aromatic carbocycles. The molecule has 1 amide bonds. The number of nitrogens with one attached hydrogen (secondary N) is 1. The minimum Gasteiger partial charge on any atom is -0.492 e. The van der Waals surface area contributed by atoms with Crippen LogP contribution in [0.4, 0.5) is 0 Å². The summed E-state index contributed by atoms with van der Waals surface area (Å²) in [5, 5.41) is 12.2. The summed E-state index contributed by atoms with van der Waals surface area (Å²) < 4.78 is 5.93. The van der Waals surface area contributed by atoms with E-state index < -0.39 is 5.97 Å². The number of carbonyl (C=O) groups is 2. The molecule has 0 unspecified atom stereocenters. The van der Waals surface area contributed by atoms with Gasteiger partial charge in [0, 0.05) is 6.42 Å². The number of ether oxygens (including phenoxy) is 1. The molecule has 0 aromatic heterocycles. The summed E-state index contributed by atoms with van der Waals surface area (Å²) in [5.41, 5.74) is 4.00. The smallest absolute Gasteiger partial charge is 0.306 e. The molecule has 2 N–H and O–H groups in total. The van der Waals surface area contributed by atoms with E-state index in [0.717, 1.165) is 50.7 Å². The van der Waals surface area contributed by atoms with Crippen molar-refractivity contribution in [3.8, 4) is 5.75 Å². The highest BCUT2D eigenvalue weighted by atomic mass is 16.5. The lowest BCUT2D eigenvalue weighted by atomic mass is 9.67. The second kappa shape index (κ2) is 9.54. The molecule has 0 bridgehead atoms. The van der Waals surface area contributed by atoms with E-state index in [9.17, 15) is 14.7 Å². The molecule has 0 heterocycles. The molecular formula is C26H31NO4. The third-order valence-corrected chi connectivity index (χ3v) is 6.99. The second-order valence-corrected chi connectivity index (χ2v) is 8.90. The van der Waals surface area contributed by atoms with Crippen LogP contribution in [0.3, 0.4) is 0 Å². The number of carboxylic acids is 1. The van der Waals surface area contributed by atoms with Gasteiger partial charge in [-0.3, -0.25) is 9.59 Å². The first kappa shape index (κ1) is 21.4. The Bertz CT molecular complexity index is 916. The van der Waals surface area contributed by atoms with Crippen molar-refractivity contribution in [2.45, 2.75) is 56.8 Å². The molecule has 0 atom stereocenters. The van der Waals surface area contributed by atoms with Crippen LogP contribution in [0.25, 0.3) is 0 Å². The predicted octanol–water partition coefficient (Wildman–Crippen LogP) is 4.27. The summed E-state index contributed by atoms with van der Waals surface area (Å²) in [6.45, 7) is 0.917. The molecule has 164 valence electrons. The van der Waals surface area contributed by atoms with Crippen LogP contribution in [0.2, 0.25) is 0 Å². The van der Waals surface area contributed by atoms with E-state index in [4.69, 9.17) is 4.74 Å². The average Bonchev–Trinajstić information content (AvgIpc) is 3.13. The maximum Gasteiger partial charge on any atom is 0.306 e. The molecule has 2 aromatic rings. The standard InChI is InChI=1S/C26H31NO4/c28-24(9-6-19-4-2-1-3-5-19)27-16-17-31-22-8-7-20-10-13-26(23(20)18-22)14-11-21(12-15-26)25(29)30/h1-5,7-8,18,21H,6,9-17H2,(H,27,28)(H,29,30). The zero-order valence-electron chi connectivity index (χ0n) is 17.9. The van der Waals surface area contributed by atoms with E-state index >= 15 is 0 Å². The number of carbonyl (C=O) groups excluding carboxylic acids is 1. The number of carboxylic acid groups (broad SMARTS) is 1. The Hall–Kier alpha value is -2.82. The van der Waals surface area contributed by atoms with Crippen molar-refractivity contribution in [1.29, 1.82) is 0 Å². The van der Waals surface area contributed by atoms with Crippen LogP contribution in [0, 0.1) is 5.92 Å². The minimum absolute atomic E-state index is 0.0375. The molecule has 1 fully saturated rings. The monoisotopic (exact) mass is 421 g/mol. The highest BCUT2D eigenvalue weighted by Gasteiger charge is 2.42. The molecule has 0 saturated heterocycles. The van der Waals surface area contributed by atoms with Crippen molar-refractivity contribution in [3.63, 3.8) is 0 Å². The van der Waals surface area contributed by atoms with Crippen molar-refractivity contribution in [1.82, 2.24) is 5.32 Å². The molecule has 0 aliphatic heterocycles. The highest BCUT2D eigenvalue weighted by molar-refractivity contribution is 5.76. The molecule has 2 aliphatic rings. The fourth-order valence-corrected chi connectivity index (χ4v) is 5.15. The van der Waals surface area contributed by atoms with Gasteiger partial charge < -0.3 is 15.2 Å². The lowest BCUT2D eigenvalue weighted by Crippen LogP contribution is -2.32. The third kappa shape index (κ3) is 5.09. The largest absolute Gasteiger partial charge is 0.492 e. The van der Waals surface area contributed by atoms with Gasteiger partial charge in [-0.2, -0.15) is 0 Å². The third-order valence-electron chi connectivity index (χ3n) is 6.99. The van der Waals surface area contributed by atoms with Gasteiger partial charge in [-0.05, 0) is 79.2 Å². The van der Waals surface area contributed by atoms with E-state index in [-0.39, 0.29) is 17.2 Å². The number of benzene rings is 2. The Morgan fingerprint density at radius 1 is 1.06 bits per heavy atom. The molecule has 1 spiro atoms. The number of aryl methyl sites for hydroxylation is 2. The van der Waals surface area contributed by atoms with Crippen LogP contribution in [0.1, 0.15) is 55.2 Å². The normalized spacial score (nSPS) is 22.1. The maximum atomic E-state index is 12.0. The van der Waals surface area contributed by atoms with Gasteiger partial charge in [0.2, 0.25) is 5.91 Å². The highest BCUT2D eigenvalue weighted by Crippen LogP contribution is 2.50. The summed E-state index contributed by atoms with van der Waals surface area (Å²) >= 11 is 0. The molecule has 5 heteroatoms. The van der Waals surface area contributed by atoms with Crippen molar-refractivity contribution in [3.05, 3.63) is 65.2 Å². The predicted molar refractivity (Wildman–Crippen MR) is 119 cm³/mol. The van der Waals surface area contributed by atoms with Gasteiger partial charge in [0.15, 0.2) is 0 Å². The van der Waals surface area contributed by atoms with Gasteiger partial charge in [0.25, 0.3) is 0 Å². The van der Waals surface area contributed by atoms with Gasteiger partial charge in [-0.25, -0.2) is 0 Å². The Balaban J connectivity index is 1.25. The number of hydrogen-bond acceptors (Lipinski definition) is 3. The van der Waals surface area contributed by atoms with Gasteiger partial charge in [0.1, 0.15) is 12.4 Å². The molecule has 2 aliphatic carbocycles. The first-order chi connectivity index (χ1) is 15.1. The number of rotatable bonds is 8. The summed E-state index contributed by atoms with van der Waals surface area (Å²) in [4.78, 5) is 23.4. The van der Waals surface area contributed by atoms with E-state index in [0.29, 0.717) is 19.6 Å². The fraction of sp³-hybridized carbons (Fsp3) is 0.462. The first-order valence-corrected chi connectivity index (χ1v) is 11.4. The molecule has 5 nitrogen and oxygen atoms in total. The van der Waals surface area contributed by atoms with Crippen LogP contribution in [0.5, 0.6) is 5.75 Å². The Kier molecular flexibility index (Phi) is 6.59. The van der Waals surface area contributed by atoms with E-state index in [1.54, 1.807) is 0 Å². The zero-order valence-corrected chi connectivity index (χ0v) is 17.9. The summed E-state index contributed by atoms with van der Waals surface area (Å²) in [7, 11) is 0. The van der Waals surface area contributed by atoms with E-state index in [1.165, 1.54) is 16.7 Å². The Morgan fingerprint density at radius 2 is 1.84 bits per heavy atom. The van der Waals surface area contributed by atoms with Crippen LogP contribution in [-0.4, -0.2) is 30.1 Å². The first-order valence-electron chi connectivity index (χ1n) is 11.4. The molecule has 0 radical (unpaired) electrons. The lowest BCUT2D eigenvalue weighted by Gasteiger charge is -2.37. The van der Waals surface area contributed by atoms with Crippen molar-refractivity contribution < 1.29 is 19.4 Å². The number of aliphatic carboxylic acids is 1. The number of hydrogen-bond donors (Lipinski definition) is 2. The molecule has 4 rings (SSSR count). The quantitative estimate of drug-likeness (QED) is 0.624. The van der Waals surface area contributed by atoms with Crippen molar-refractivity contribution in [2.24, 2.45) is 5.92 Å². The second-order valence-electron chi connectivity index (χ2n) is 8.90. The van der Waals surface area contributed by atoms with Gasteiger partial charge in [-0.15, -0.1) is 0 Å². The lowest BCUT2D eigenvalue weighted by molar-refractivity contribution is -0.143. The van der Waals surface area contributed by atoms with Crippen LogP contribution < -0.4 is 10.1 Å². The molecule has 1 saturated carbocycles. The fourth-order valence-electron chi connectivity index (χ4n) is 5.15. The number of amides is 1. The van der Waals surface area contributed by atoms with Gasteiger partial charge >= 0.3 is 5.97 Å². The number of fused-ring (bicyclic) bond motifs is 2. The molecular weight excluding hydrogens is 390 g/mol. The van der Waals surface area contributed by atoms with Crippen molar-refractivity contribution >= 4 is 11.9 Å². The van der Waals surface area contributed by atoms with E-state index in [2.05, 4.69) is 17.4 Å². The topological polar surface area (TPSA) is 75.6 Å². The average molecular weight is 422 g/mol. The van der Waals surface area contributed by atoms with Crippen LogP contribution in [-0.2, 0) is 27.8 Å². The summed E-state index contributed by atoms with van der Waals surface area (Å²) in [5.74, 6) is 0.0186. The molecule has 31 heavy (non-hydrogen) atoms. The summed E-state index contributed by atoms with van der Waals surface area (Å²) in [6.07, 6.45) is 6.78. The maximum absolute atomic E-state index is 12.0. The Morgan fingerprint density at radius 3 is 2.58 bits per heavy atom. The van der Waals surface area contributed by atoms with Gasteiger partial charge in [0.05, 0.1) is 12.5 Å². The van der Waals surface area contributed by atoms with Gasteiger partial charge in [-0.1, -0.05) is 36.4 Å². The SMILES string of the molecule is O=C(CCc1ccccc1)NCCOc1ccc2c(c1)C1(CC2)CCC(C(=O)O)CC1. The van der Waals surface area contributed by atoms with Crippen LogP contribution >= 0.6 is 0 Å². The van der Waals surface area contributed by atoms with E-state index in [1.807, 2.05) is 36.4 Å². The summed E-state index contributed by atoms with van der Waals surface area (Å²) in [6, 6.07) is 16.3. The van der Waals surface area contributed by atoms with Crippen molar-refractivity contribution in [2.75, 3.05) is 13.2 Å². The Labute approximate surface area is 183 Å². The minimum atomic E-state index is -0.657. The van der Waals surface area contributed by atoms with Crippen LogP contribution in [0.15, 0.2) is 48.5 Å².